The van der Waals surface area contributed by atoms with E-state index in [4.69, 9.17) is 9.47 Å². The average Bonchev–Trinajstić information content (AvgIpc) is 2.76. The van der Waals surface area contributed by atoms with Gasteiger partial charge in [0.15, 0.2) is 13.2 Å². The first kappa shape index (κ1) is 27.2. The lowest BCUT2D eigenvalue weighted by molar-refractivity contribution is -0.123. The number of carbonyl (C=O) groups is 2. The smallest absolute Gasteiger partial charge is 0.257 e. The molecule has 6 nitrogen and oxygen atoms in total. The molecule has 2 rings (SSSR count). The fourth-order valence-corrected chi connectivity index (χ4v) is 3.89. The highest BCUT2D eigenvalue weighted by atomic mass is 79.9. The summed E-state index contributed by atoms with van der Waals surface area (Å²) >= 11 is 6.92. The van der Waals surface area contributed by atoms with Crippen LogP contribution in [0.3, 0.4) is 0 Å². The Bertz CT molecular complexity index is 872. The maximum Gasteiger partial charge on any atom is 0.257 e. The van der Waals surface area contributed by atoms with Gasteiger partial charge in [-0.3, -0.25) is 9.59 Å². The minimum Gasteiger partial charge on any atom is -0.483 e. The minimum atomic E-state index is -0.196. The van der Waals surface area contributed by atoms with E-state index >= 15 is 0 Å². The molecule has 0 fully saturated rings. The van der Waals surface area contributed by atoms with Gasteiger partial charge in [-0.05, 0) is 65.8 Å². The van der Waals surface area contributed by atoms with Crippen molar-refractivity contribution in [2.24, 2.45) is 0 Å². The van der Waals surface area contributed by atoms with E-state index < -0.39 is 0 Å². The Kier molecular flexibility index (Phi) is 11.2. The monoisotopic (exact) mass is 582 g/mol. The number of carbonyl (C=O) groups excluding carboxylic acids is 2. The number of rotatable bonds is 12. The SMILES string of the molecule is CC(C)c1cc(Br)ccc1OCC(=O)NCCCNC(=O)COc1ccc(Br)cc1C(C)C. The summed E-state index contributed by atoms with van der Waals surface area (Å²) in [5.41, 5.74) is 2.09. The van der Waals surface area contributed by atoms with E-state index in [1.807, 2.05) is 36.4 Å². The second-order valence-corrected chi connectivity index (χ2v) is 10.1. The van der Waals surface area contributed by atoms with Gasteiger partial charge in [-0.25, -0.2) is 0 Å². The molecule has 33 heavy (non-hydrogen) atoms. The number of benzene rings is 2. The Morgan fingerprint density at radius 3 is 1.52 bits per heavy atom. The first-order valence-electron chi connectivity index (χ1n) is 11.0. The van der Waals surface area contributed by atoms with Gasteiger partial charge in [0.05, 0.1) is 0 Å². The van der Waals surface area contributed by atoms with Gasteiger partial charge in [0, 0.05) is 22.0 Å². The van der Waals surface area contributed by atoms with Crippen LogP contribution in [0, 0.1) is 0 Å². The van der Waals surface area contributed by atoms with Crippen molar-refractivity contribution in [1.29, 1.82) is 0 Å². The predicted octanol–water partition coefficient (Wildman–Crippen LogP) is 5.54. The van der Waals surface area contributed by atoms with Gasteiger partial charge in [0.2, 0.25) is 0 Å². The molecule has 0 unspecified atom stereocenters. The third kappa shape index (κ3) is 9.37. The summed E-state index contributed by atoms with van der Waals surface area (Å²) in [6, 6.07) is 11.5. The maximum atomic E-state index is 12.1. The zero-order chi connectivity index (χ0) is 24.4. The highest BCUT2D eigenvalue weighted by Gasteiger charge is 2.12. The van der Waals surface area contributed by atoms with E-state index in [0.29, 0.717) is 31.0 Å². The van der Waals surface area contributed by atoms with Crippen molar-refractivity contribution >= 4 is 43.7 Å². The van der Waals surface area contributed by atoms with E-state index in [0.717, 1.165) is 20.1 Å². The standard InChI is InChI=1S/C25H32Br2N2O4/c1-16(2)20-12-18(26)6-8-22(20)32-14-24(30)28-10-5-11-29-25(31)15-33-23-9-7-19(27)13-21(23)17(3)4/h6-9,12-13,16-17H,5,10-11,14-15H2,1-4H3,(H,28,30)(H,29,31). The van der Waals surface area contributed by atoms with Gasteiger partial charge >= 0.3 is 0 Å². The number of nitrogens with one attached hydrogen (secondary N) is 2. The second-order valence-electron chi connectivity index (χ2n) is 8.30. The van der Waals surface area contributed by atoms with Crippen LogP contribution in [0.1, 0.15) is 57.1 Å². The molecular weight excluding hydrogens is 552 g/mol. The molecule has 2 N–H and O–H groups in total. The highest BCUT2D eigenvalue weighted by molar-refractivity contribution is 9.10. The molecule has 0 atom stereocenters. The van der Waals surface area contributed by atoms with Gasteiger partial charge in [0.1, 0.15) is 11.5 Å². The minimum absolute atomic E-state index is 0.0487. The van der Waals surface area contributed by atoms with Crippen molar-refractivity contribution in [3.8, 4) is 11.5 Å². The fraction of sp³-hybridized carbons (Fsp3) is 0.440. The fourth-order valence-electron chi connectivity index (χ4n) is 3.14. The molecule has 0 aliphatic heterocycles. The Hall–Kier alpha value is -2.06. The molecule has 0 spiro atoms. The quantitative estimate of drug-likeness (QED) is 0.322. The Labute approximate surface area is 213 Å². The first-order valence-corrected chi connectivity index (χ1v) is 12.6. The van der Waals surface area contributed by atoms with Crippen molar-refractivity contribution in [2.75, 3.05) is 26.3 Å². The molecule has 0 saturated carbocycles. The molecule has 0 aromatic heterocycles. The Balaban J connectivity index is 1.65. The molecule has 2 amide bonds. The summed E-state index contributed by atoms with van der Waals surface area (Å²) in [4.78, 5) is 24.2. The predicted molar refractivity (Wildman–Crippen MR) is 138 cm³/mol. The van der Waals surface area contributed by atoms with Crippen LogP contribution in [0.5, 0.6) is 11.5 Å². The number of hydrogen-bond donors (Lipinski definition) is 2. The summed E-state index contributed by atoms with van der Waals surface area (Å²) in [5.74, 6) is 1.60. The summed E-state index contributed by atoms with van der Waals surface area (Å²) in [6.07, 6.45) is 0.614. The van der Waals surface area contributed by atoms with Crippen molar-refractivity contribution in [3.05, 3.63) is 56.5 Å². The Morgan fingerprint density at radius 2 is 1.15 bits per heavy atom. The summed E-state index contributed by atoms with van der Waals surface area (Å²) < 4.78 is 13.4. The number of ether oxygens (including phenoxy) is 2. The number of amides is 2. The van der Waals surface area contributed by atoms with Crippen molar-refractivity contribution in [2.45, 2.75) is 46.0 Å². The van der Waals surface area contributed by atoms with Crippen LogP contribution >= 0.6 is 31.9 Å². The average molecular weight is 584 g/mol. The van der Waals surface area contributed by atoms with Gasteiger partial charge in [-0.2, -0.15) is 0 Å². The summed E-state index contributed by atoms with van der Waals surface area (Å²) in [6.45, 7) is 9.12. The molecule has 8 heteroatoms. The van der Waals surface area contributed by atoms with Crippen LogP contribution < -0.4 is 20.1 Å². The van der Waals surface area contributed by atoms with E-state index in [9.17, 15) is 9.59 Å². The van der Waals surface area contributed by atoms with Crippen molar-refractivity contribution in [3.63, 3.8) is 0 Å². The molecule has 0 aliphatic carbocycles. The second kappa shape index (κ2) is 13.6. The summed E-state index contributed by atoms with van der Waals surface area (Å²) in [5, 5.41) is 5.62. The van der Waals surface area contributed by atoms with Crippen LogP contribution in [0.25, 0.3) is 0 Å². The summed E-state index contributed by atoms with van der Waals surface area (Å²) in [7, 11) is 0. The molecular formula is C25H32Br2N2O4. The van der Waals surface area contributed by atoms with Crippen LogP contribution in [-0.4, -0.2) is 38.1 Å². The van der Waals surface area contributed by atoms with E-state index in [-0.39, 0.29) is 36.9 Å². The zero-order valence-corrected chi connectivity index (χ0v) is 22.7. The van der Waals surface area contributed by atoms with Gasteiger partial charge < -0.3 is 20.1 Å². The highest BCUT2D eigenvalue weighted by Crippen LogP contribution is 2.30. The third-order valence-corrected chi connectivity index (χ3v) is 5.89. The van der Waals surface area contributed by atoms with Gasteiger partial charge in [-0.1, -0.05) is 59.6 Å². The topological polar surface area (TPSA) is 76.7 Å². The molecule has 0 radical (unpaired) electrons. The van der Waals surface area contributed by atoms with Crippen molar-refractivity contribution in [1.82, 2.24) is 10.6 Å². The van der Waals surface area contributed by atoms with Crippen molar-refractivity contribution < 1.29 is 19.1 Å². The molecule has 2 aromatic rings. The lowest BCUT2D eigenvalue weighted by Gasteiger charge is -2.15. The largest absolute Gasteiger partial charge is 0.483 e. The lowest BCUT2D eigenvalue weighted by Crippen LogP contribution is -2.34. The van der Waals surface area contributed by atoms with Gasteiger partial charge in [0.25, 0.3) is 11.8 Å². The van der Waals surface area contributed by atoms with Crippen LogP contribution in [0.2, 0.25) is 0 Å². The van der Waals surface area contributed by atoms with Gasteiger partial charge in [-0.15, -0.1) is 0 Å². The molecule has 0 heterocycles. The molecule has 0 bridgehead atoms. The Morgan fingerprint density at radius 1 is 0.758 bits per heavy atom. The third-order valence-electron chi connectivity index (χ3n) is 4.90. The first-order chi connectivity index (χ1) is 15.7. The number of hydrogen-bond acceptors (Lipinski definition) is 4. The normalized spacial score (nSPS) is 10.9. The van der Waals surface area contributed by atoms with Crippen LogP contribution in [0.4, 0.5) is 0 Å². The zero-order valence-electron chi connectivity index (χ0n) is 19.5. The van der Waals surface area contributed by atoms with Crippen LogP contribution in [0.15, 0.2) is 45.3 Å². The lowest BCUT2D eigenvalue weighted by atomic mass is 10.0. The maximum absolute atomic E-state index is 12.1. The van der Waals surface area contributed by atoms with E-state index in [1.54, 1.807) is 0 Å². The molecule has 180 valence electrons. The number of halogens is 2. The van der Waals surface area contributed by atoms with E-state index in [2.05, 4.69) is 70.2 Å². The molecule has 0 saturated heterocycles. The van der Waals surface area contributed by atoms with E-state index in [1.165, 1.54) is 0 Å². The molecule has 0 aliphatic rings. The molecule has 2 aromatic carbocycles. The van der Waals surface area contributed by atoms with Crippen LogP contribution in [-0.2, 0) is 9.59 Å².